The Morgan fingerprint density at radius 1 is 1.21 bits per heavy atom. The average Bonchev–Trinajstić information content (AvgIpc) is 2.89. The molecule has 8 heteroatoms. The first-order valence-corrected chi connectivity index (χ1v) is 9.70. The lowest BCUT2D eigenvalue weighted by molar-refractivity contribution is -0.128. The Labute approximate surface area is 165 Å². The van der Waals surface area contributed by atoms with Gasteiger partial charge in [0.05, 0.1) is 25.9 Å². The maximum absolute atomic E-state index is 12.4. The van der Waals surface area contributed by atoms with Gasteiger partial charge in [-0.15, -0.1) is 0 Å². The second-order valence-electron chi connectivity index (χ2n) is 7.33. The Morgan fingerprint density at radius 3 is 2.64 bits per heavy atom. The van der Waals surface area contributed by atoms with Crippen LogP contribution in [0.4, 0.5) is 0 Å². The number of amides is 2. The molecule has 3 atom stereocenters. The lowest BCUT2D eigenvalue weighted by Crippen LogP contribution is -2.47. The zero-order chi connectivity index (χ0) is 20.1. The summed E-state index contributed by atoms with van der Waals surface area (Å²) in [6.45, 7) is 5.53. The standard InChI is InChI=1S/C20H29N3O5/c1-14(24)23-9-3-8-22(10-11-23)12-18-19(25)17(13-28-18)21-20(26)15-4-6-16(27-2)7-5-15/h4-7,17-19,25H,3,8-13H2,1-2H3,(H,21,26)/t17-,18-,19+/m0/s1. The maximum Gasteiger partial charge on any atom is 0.251 e. The van der Waals surface area contributed by atoms with Crippen LogP contribution >= 0.6 is 0 Å². The van der Waals surface area contributed by atoms with Crippen molar-refractivity contribution in [2.75, 3.05) is 46.4 Å². The summed E-state index contributed by atoms with van der Waals surface area (Å²) < 4.78 is 10.9. The predicted octanol–water partition coefficient (Wildman–Crippen LogP) is 0.108. The van der Waals surface area contributed by atoms with Crippen molar-refractivity contribution < 1.29 is 24.2 Å². The summed E-state index contributed by atoms with van der Waals surface area (Å²) in [7, 11) is 1.57. The van der Waals surface area contributed by atoms with Gasteiger partial charge in [-0.05, 0) is 37.2 Å². The molecule has 0 bridgehead atoms. The molecule has 1 aromatic rings. The number of aliphatic hydroxyl groups is 1. The molecule has 0 aromatic heterocycles. The minimum Gasteiger partial charge on any atom is -0.497 e. The fraction of sp³-hybridized carbons (Fsp3) is 0.600. The molecule has 2 aliphatic heterocycles. The van der Waals surface area contributed by atoms with Gasteiger partial charge < -0.3 is 24.8 Å². The van der Waals surface area contributed by atoms with Crippen LogP contribution in [0.3, 0.4) is 0 Å². The first kappa shape index (κ1) is 20.6. The molecule has 2 N–H and O–H groups in total. The van der Waals surface area contributed by atoms with E-state index in [4.69, 9.17) is 9.47 Å². The van der Waals surface area contributed by atoms with Gasteiger partial charge in [0, 0.05) is 38.7 Å². The van der Waals surface area contributed by atoms with Crippen molar-refractivity contribution in [2.24, 2.45) is 0 Å². The van der Waals surface area contributed by atoms with Crippen LogP contribution in [-0.4, -0.2) is 91.4 Å². The number of rotatable bonds is 5. The molecule has 1 aromatic carbocycles. The molecule has 8 nitrogen and oxygen atoms in total. The summed E-state index contributed by atoms with van der Waals surface area (Å²) in [5.41, 5.74) is 0.508. The Kier molecular flexibility index (Phi) is 6.88. The van der Waals surface area contributed by atoms with Gasteiger partial charge in [-0.3, -0.25) is 14.5 Å². The molecule has 2 amide bonds. The lowest BCUT2D eigenvalue weighted by atomic mass is 10.1. The van der Waals surface area contributed by atoms with Gasteiger partial charge in [0.1, 0.15) is 11.9 Å². The number of nitrogens with zero attached hydrogens (tertiary/aromatic N) is 2. The largest absolute Gasteiger partial charge is 0.497 e. The van der Waals surface area contributed by atoms with Gasteiger partial charge in [-0.1, -0.05) is 0 Å². The van der Waals surface area contributed by atoms with Crippen LogP contribution in [0, 0.1) is 0 Å². The van der Waals surface area contributed by atoms with Crippen LogP contribution in [0.5, 0.6) is 5.75 Å². The molecule has 2 heterocycles. The first-order valence-electron chi connectivity index (χ1n) is 9.70. The van der Waals surface area contributed by atoms with Gasteiger partial charge in [-0.25, -0.2) is 0 Å². The van der Waals surface area contributed by atoms with Crippen LogP contribution < -0.4 is 10.1 Å². The number of hydrogen-bond acceptors (Lipinski definition) is 6. The van der Waals surface area contributed by atoms with E-state index in [-0.39, 0.29) is 24.5 Å². The Hall–Kier alpha value is -2.16. The summed E-state index contributed by atoms with van der Waals surface area (Å²) in [4.78, 5) is 28.0. The monoisotopic (exact) mass is 391 g/mol. The van der Waals surface area contributed by atoms with Crippen molar-refractivity contribution in [3.8, 4) is 5.75 Å². The highest BCUT2D eigenvalue weighted by Crippen LogP contribution is 2.18. The zero-order valence-electron chi connectivity index (χ0n) is 16.5. The van der Waals surface area contributed by atoms with Gasteiger partial charge in [0.15, 0.2) is 0 Å². The number of ether oxygens (including phenoxy) is 2. The third-order valence-electron chi connectivity index (χ3n) is 5.42. The molecular weight excluding hydrogens is 362 g/mol. The molecule has 0 aliphatic carbocycles. The minimum absolute atomic E-state index is 0.0975. The number of benzene rings is 1. The van der Waals surface area contributed by atoms with Gasteiger partial charge in [0.2, 0.25) is 5.91 Å². The smallest absolute Gasteiger partial charge is 0.251 e. The topological polar surface area (TPSA) is 91.3 Å². The van der Waals surface area contributed by atoms with Crippen molar-refractivity contribution in [1.82, 2.24) is 15.1 Å². The van der Waals surface area contributed by atoms with E-state index in [1.54, 1.807) is 38.3 Å². The van der Waals surface area contributed by atoms with E-state index in [1.807, 2.05) is 4.90 Å². The van der Waals surface area contributed by atoms with Crippen molar-refractivity contribution in [3.63, 3.8) is 0 Å². The molecule has 2 saturated heterocycles. The van der Waals surface area contributed by atoms with Crippen molar-refractivity contribution in [1.29, 1.82) is 0 Å². The van der Waals surface area contributed by atoms with Crippen molar-refractivity contribution >= 4 is 11.8 Å². The highest BCUT2D eigenvalue weighted by Gasteiger charge is 2.38. The average molecular weight is 391 g/mol. The molecule has 0 unspecified atom stereocenters. The fourth-order valence-electron chi connectivity index (χ4n) is 3.69. The van der Waals surface area contributed by atoms with Crippen LogP contribution in [0.25, 0.3) is 0 Å². The molecule has 154 valence electrons. The Bertz CT molecular complexity index is 681. The molecule has 3 rings (SSSR count). The zero-order valence-corrected chi connectivity index (χ0v) is 16.5. The number of hydrogen-bond donors (Lipinski definition) is 2. The van der Waals surface area contributed by atoms with Crippen LogP contribution in [0.2, 0.25) is 0 Å². The first-order chi connectivity index (χ1) is 13.5. The highest BCUT2D eigenvalue weighted by molar-refractivity contribution is 5.94. The van der Waals surface area contributed by atoms with Gasteiger partial charge >= 0.3 is 0 Å². The van der Waals surface area contributed by atoms with E-state index < -0.39 is 12.1 Å². The summed E-state index contributed by atoms with van der Waals surface area (Å²) in [6, 6.07) is 6.38. The third kappa shape index (κ3) is 5.01. The molecule has 0 spiro atoms. The highest BCUT2D eigenvalue weighted by atomic mass is 16.5. The van der Waals surface area contributed by atoms with E-state index in [0.717, 1.165) is 26.1 Å². The van der Waals surface area contributed by atoms with Gasteiger partial charge in [0.25, 0.3) is 5.91 Å². The molecule has 2 fully saturated rings. The third-order valence-corrected chi connectivity index (χ3v) is 5.42. The molecule has 0 radical (unpaired) electrons. The van der Waals surface area contributed by atoms with Crippen LogP contribution in [0.1, 0.15) is 23.7 Å². The fourth-order valence-corrected chi connectivity index (χ4v) is 3.69. The number of aliphatic hydroxyl groups excluding tert-OH is 1. The van der Waals surface area contributed by atoms with Crippen LogP contribution in [-0.2, 0) is 9.53 Å². The predicted molar refractivity (Wildman–Crippen MR) is 103 cm³/mol. The minimum atomic E-state index is -0.769. The normalized spacial score (nSPS) is 26.0. The van der Waals surface area contributed by atoms with Crippen molar-refractivity contribution in [2.45, 2.75) is 31.6 Å². The van der Waals surface area contributed by atoms with Crippen molar-refractivity contribution in [3.05, 3.63) is 29.8 Å². The molecular formula is C20H29N3O5. The molecule has 2 aliphatic rings. The van der Waals surface area contributed by atoms with E-state index >= 15 is 0 Å². The summed E-state index contributed by atoms with van der Waals surface area (Å²) in [5, 5.41) is 13.5. The number of carbonyl (C=O) groups is 2. The summed E-state index contributed by atoms with van der Waals surface area (Å²) >= 11 is 0. The quantitative estimate of drug-likeness (QED) is 0.740. The SMILES string of the molecule is COc1ccc(C(=O)N[C@H]2CO[C@@H](CN3CCCN(C(C)=O)CC3)[C@@H]2O)cc1. The second kappa shape index (κ2) is 9.36. The number of carbonyl (C=O) groups excluding carboxylic acids is 2. The number of nitrogens with one attached hydrogen (secondary N) is 1. The number of methoxy groups -OCH3 is 1. The lowest BCUT2D eigenvalue weighted by Gasteiger charge is -2.26. The van der Waals surface area contributed by atoms with E-state index in [0.29, 0.717) is 24.4 Å². The van der Waals surface area contributed by atoms with E-state index in [1.165, 1.54) is 0 Å². The maximum atomic E-state index is 12.4. The second-order valence-corrected chi connectivity index (χ2v) is 7.33. The van der Waals surface area contributed by atoms with E-state index in [2.05, 4.69) is 10.2 Å². The molecule has 0 saturated carbocycles. The summed E-state index contributed by atoms with van der Waals surface area (Å²) in [5.74, 6) is 0.532. The molecule has 28 heavy (non-hydrogen) atoms. The summed E-state index contributed by atoms with van der Waals surface area (Å²) in [6.07, 6.45) is -0.223. The Morgan fingerprint density at radius 2 is 1.96 bits per heavy atom. The van der Waals surface area contributed by atoms with Crippen LogP contribution in [0.15, 0.2) is 24.3 Å². The Balaban J connectivity index is 1.50. The van der Waals surface area contributed by atoms with Gasteiger partial charge in [-0.2, -0.15) is 0 Å². The van der Waals surface area contributed by atoms with E-state index in [9.17, 15) is 14.7 Å².